The molecule has 62 heavy (non-hydrogen) atoms. The van der Waals surface area contributed by atoms with E-state index in [0.717, 1.165) is 27.8 Å². The number of phenolic OH excluding ortho intramolecular Hbond substituents is 1. The lowest BCUT2D eigenvalue weighted by molar-refractivity contribution is -0.0131. The van der Waals surface area contributed by atoms with Gasteiger partial charge in [0.2, 0.25) is 5.72 Å². The summed E-state index contributed by atoms with van der Waals surface area (Å²) in [6.45, 7) is 1.80. The second kappa shape index (κ2) is 18.3. The van der Waals surface area contributed by atoms with Gasteiger partial charge in [0.05, 0.1) is 11.4 Å². The third-order valence-corrected chi connectivity index (χ3v) is 14.8. The van der Waals surface area contributed by atoms with Crippen molar-refractivity contribution in [3.63, 3.8) is 0 Å². The number of aliphatic imine (C=N–C) groups is 1. The smallest absolute Gasteiger partial charge is 0.268 e. The van der Waals surface area contributed by atoms with Crippen molar-refractivity contribution in [2.45, 2.75) is 93.3 Å². The molecule has 1 fully saturated rings. The highest BCUT2D eigenvalue weighted by Gasteiger charge is 2.48. The molecule has 0 aromatic heterocycles. The Labute approximate surface area is 364 Å². The molecule has 1 aliphatic carbocycles. The van der Waals surface area contributed by atoms with E-state index in [1.54, 1.807) is 12.1 Å². The van der Waals surface area contributed by atoms with Gasteiger partial charge in [0.25, 0.3) is 10.1 Å². The Balaban J connectivity index is 1.32. The highest BCUT2D eigenvalue weighted by atomic mass is 32.2. The lowest BCUT2D eigenvalue weighted by atomic mass is 9.65. The predicted molar refractivity (Wildman–Crippen MR) is 239 cm³/mol. The number of hydrogen-bond acceptors (Lipinski definition) is 8. The Kier molecular flexibility index (Phi) is 12.8. The Morgan fingerprint density at radius 2 is 1.69 bits per heavy atom. The van der Waals surface area contributed by atoms with Crippen LogP contribution in [-0.4, -0.2) is 58.8 Å². The van der Waals surface area contributed by atoms with Gasteiger partial charge in [-0.15, -0.1) is 0 Å². The Hall–Kier alpha value is -5.16. The number of aromatic hydroxyl groups is 1. The van der Waals surface area contributed by atoms with Gasteiger partial charge >= 0.3 is 0 Å². The molecule has 326 valence electrons. The Morgan fingerprint density at radius 3 is 2.37 bits per heavy atom. The molecular formula is C50H57N3O8S. The number of aliphatic hydroxyl groups excluding tert-OH is 2. The maximum Gasteiger partial charge on any atom is 0.268 e. The average Bonchev–Trinajstić information content (AvgIpc) is 3.38. The fourth-order valence-corrected chi connectivity index (χ4v) is 11.8. The SMILES string of the molecule is CC[C@H]1C[C@@H](S(=O)(=O)O)[C@H]2C=C3C[C@@H](C[C@H]4C[C@H](CO)CC#Cc5cc(O)ccc5[C@@H]3O4)[C@@H]2c2ccc(cc2)[C@](C[C@H](CO)Cc2ccccc2)(N=C(N)N)Oc2ccc1cc2. The fraction of sp³-hybridized carbons (Fsp3) is 0.420. The first kappa shape index (κ1) is 43.5. The van der Waals surface area contributed by atoms with E-state index in [2.05, 4.69) is 11.8 Å². The van der Waals surface area contributed by atoms with Crippen molar-refractivity contribution in [1.82, 2.24) is 0 Å². The maximum absolute atomic E-state index is 14.0. The molecule has 6 aliphatic heterocycles. The number of aliphatic hydroxyl groups is 2. The van der Waals surface area contributed by atoms with Crippen LogP contribution in [0.25, 0.3) is 0 Å². The van der Waals surface area contributed by atoms with Crippen molar-refractivity contribution in [1.29, 1.82) is 0 Å². The minimum absolute atomic E-state index is 0.0702. The molecule has 0 spiro atoms. The summed E-state index contributed by atoms with van der Waals surface area (Å²) in [5.41, 5.74) is 16.8. The summed E-state index contributed by atoms with van der Waals surface area (Å²) in [4.78, 5) is 4.82. The maximum atomic E-state index is 14.0. The van der Waals surface area contributed by atoms with Crippen molar-refractivity contribution in [3.05, 3.63) is 142 Å². The van der Waals surface area contributed by atoms with Crippen molar-refractivity contribution >= 4 is 16.1 Å². The molecule has 0 unspecified atom stereocenters. The van der Waals surface area contributed by atoms with E-state index in [4.69, 9.17) is 25.9 Å². The Bertz CT molecular complexity index is 2440. The van der Waals surface area contributed by atoms with Gasteiger partial charge in [-0.05, 0) is 115 Å². The Morgan fingerprint density at radius 1 is 0.952 bits per heavy atom. The minimum Gasteiger partial charge on any atom is -0.508 e. The van der Waals surface area contributed by atoms with Crippen LogP contribution in [0.3, 0.4) is 0 Å². The van der Waals surface area contributed by atoms with Crippen molar-refractivity contribution in [3.8, 4) is 23.3 Å². The summed E-state index contributed by atoms with van der Waals surface area (Å²) in [7, 11) is -4.63. The molecule has 4 aromatic rings. The van der Waals surface area contributed by atoms with Gasteiger partial charge in [-0.2, -0.15) is 8.42 Å². The number of benzene rings is 4. The molecular weight excluding hydrogens is 803 g/mol. The van der Waals surface area contributed by atoms with Gasteiger partial charge in [-0.3, -0.25) is 4.55 Å². The molecule has 0 radical (unpaired) electrons. The molecule has 0 amide bonds. The predicted octanol–water partition coefficient (Wildman–Crippen LogP) is 7.22. The largest absolute Gasteiger partial charge is 0.508 e. The van der Waals surface area contributed by atoms with Gasteiger partial charge in [0.15, 0.2) is 5.96 Å². The monoisotopic (exact) mass is 859 g/mol. The van der Waals surface area contributed by atoms with Gasteiger partial charge < -0.3 is 36.3 Å². The van der Waals surface area contributed by atoms with E-state index in [1.165, 1.54) is 0 Å². The number of nitrogens with zero attached hydrogens (tertiary/aromatic N) is 1. The molecule has 6 heterocycles. The standard InChI is InChI=1S/C50H57N3O8S/c1-2-34-27-46(62(57,58)59)45-26-39-23-38(25-43-22-32(29-54)9-6-10-37-24-41(56)17-20-44(37)48(39)60-43)47(45)36-11-15-40(16-12-36)50(53-49(51)52,61-42-18-13-35(34)14-19-42)28-33(30-55)21-31-7-4-3-5-8-31/h3-5,7-8,11-20,24,26,32-34,38,43,45-48,54-56H,2,9,21-23,25,27-30H2,1H3,(H4,51,52,53)(H,57,58,59)/t32-,33-,34+,38+,43-,45-,46-,47+,48-,50-/m1/s1. The normalized spacial score (nSPS) is 28.5. The number of guanidine groups is 1. The third kappa shape index (κ3) is 9.29. The number of allylic oxidation sites excluding steroid dienone is 1. The number of ether oxygens (including phenoxy) is 2. The van der Waals surface area contributed by atoms with Gasteiger partial charge in [0, 0.05) is 48.7 Å². The molecule has 12 heteroatoms. The first-order valence-corrected chi connectivity index (χ1v) is 23.3. The zero-order valence-electron chi connectivity index (χ0n) is 35.0. The van der Waals surface area contributed by atoms with Gasteiger partial charge in [0.1, 0.15) is 17.6 Å². The molecule has 8 N–H and O–H groups in total. The summed E-state index contributed by atoms with van der Waals surface area (Å²) in [6.07, 6.45) is 4.87. The van der Waals surface area contributed by atoms with E-state index >= 15 is 0 Å². The van der Waals surface area contributed by atoms with Crippen LogP contribution in [0.15, 0.2) is 114 Å². The quantitative estimate of drug-likeness (QED) is 0.0329. The summed E-state index contributed by atoms with van der Waals surface area (Å²) < 4.78 is 53.2. The molecule has 8 bridgehead atoms. The second-order valence-electron chi connectivity index (χ2n) is 17.7. The van der Waals surface area contributed by atoms with Crippen molar-refractivity contribution in [2.75, 3.05) is 13.2 Å². The lowest BCUT2D eigenvalue weighted by Gasteiger charge is -2.41. The molecule has 4 aromatic carbocycles. The number of hydrogen-bond donors (Lipinski definition) is 6. The molecule has 11 rings (SSSR count). The van der Waals surface area contributed by atoms with Crippen molar-refractivity contribution in [2.24, 2.45) is 40.1 Å². The van der Waals surface area contributed by atoms with Crippen LogP contribution in [0.4, 0.5) is 0 Å². The van der Waals surface area contributed by atoms with Crippen molar-refractivity contribution < 1.29 is 37.8 Å². The third-order valence-electron chi connectivity index (χ3n) is 13.6. The summed E-state index contributed by atoms with van der Waals surface area (Å²) in [6, 6.07) is 30.4. The fourth-order valence-electron chi connectivity index (χ4n) is 10.6. The number of fused-ring (bicyclic) bond motifs is 7. The molecule has 7 aliphatic rings. The van der Waals surface area contributed by atoms with E-state index in [-0.39, 0.29) is 73.5 Å². The van der Waals surface area contributed by atoms with Crippen LogP contribution in [0.5, 0.6) is 11.5 Å². The van der Waals surface area contributed by atoms with Crippen LogP contribution in [0, 0.1) is 35.5 Å². The van der Waals surface area contributed by atoms with Crippen LogP contribution >= 0.6 is 0 Å². The van der Waals surface area contributed by atoms with Crippen LogP contribution in [0.2, 0.25) is 0 Å². The summed E-state index contributed by atoms with van der Waals surface area (Å²) in [5, 5.41) is 30.7. The van der Waals surface area contributed by atoms with Crippen LogP contribution in [0.1, 0.15) is 103 Å². The summed E-state index contributed by atoms with van der Waals surface area (Å²) in [5.74, 6) is 4.99. The molecule has 0 saturated carbocycles. The zero-order chi connectivity index (χ0) is 43.6. The number of rotatable bonds is 9. The first-order chi connectivity index (χ1) is 29.9. The number of phenols is 1. The van der Waals surface area contributed by atoms with Gasteiger partial charge in [-0.1, -0.05) is 97.6 Å². The average molecular weight is 860 g/mol. The van der Waals surface area contributed by atoms with Crippen LogP contribution < -0.4 is 16.2 Å². The molecule has 10 atom stereocenters. The van der Waals surface area contributed by atoms with E-state index < -0.39 is 33.1 Å². The molecule has 1 saturated heterocycles. The first-order valence-electron chi connectivity index (χ1n) is 21.8. The van der Waals surface area contributed by atoms with E-state index in [9.17, 15) is 28.3 Å². The van der Waals surface area contributed by atoms with Gasteiger partial charge in [-0.25, -0.2) is 4.99 Å². The van der Waals surface area contributed by atoms with Crippen LogP contribution in [-0.2, 0) is 27.0 Å². The topological polar surface area (TPSA) is 198 Å². The summed E-state index contributed by atoms with van der Waals surface area (Å²) >= 11 is 0. The second-order valence-corrected chi connectivity index (χ2v) is 19.3. The molecule has 11 nitrogen and oxygen atoms in total. The van der Waals surface area contributed by atoms with E-state index in [0.29, 0.717) is 55.4 Å². The highest BCUT2D eigenvalue weighted by Crippen LogP contribution is 2.54. The number of nitrogens with two attached hydrogens (primary N) is 2. The zero-order valence-corrected chi connectivity index (χ0v) is 35.8. The lowest BCUT2D eigenvalue weighted by Crippen LogP contribution is -2.40. The highest BCUT2D eigenvalue weighted by molar-refractivity contribution is 7.86. The van der Waals surface area contributed by atoms with E-state index in [1.807, 2.05) is 97.9 Å². The minimum atomic E-state index is -4.63.